The third-order valence-corrected chi connectivity index (χ3v) is 3.66. The molecule has 0 aromatic heterocycles. The Morgan fingerprint density at radius 1 is 1.28 bits per heavy atom. The number of nitrogens with zero attached hydrogens (tertiary/aromatic N) is 1. The van der Waals surface area contributed by atoms with Crippen LogP contribution in [-0.4, -0.2) is 24.4 Å². The van der Waals surface area contributed by atoms with E-state index in [1.807, 2.05) is 0 Å². The van der Waals surface area contributed by atoms with Crippen LogP contribution in [0, 0.1) is 16.7 Å². The standard InChI is InChI=1S/C13H21NO4/c1-3-18-13(16)12(15)9(2)11(14-17)10-7-5-4-6-8-10/h9-11H,3-8H2,1-2H3. The van der Waals surface area contributed by atoms with Crippen LogP contribution in [0.15, 0.2) is 5.18 Å². The summed E-state index contributed by atoms with van der Waals surface area (Å²) in [6.45, 7) is 3.41. The normalized spacial score (nSPS) is 19.9. The molecule has 0 aliphatic heterocycles. The van der Waals surface area contributed by atoms with Crippen molar-refractivity contribution in [2.24, 2.45) is 17.0 Å². The largest absolute Gasteiger partial charge is 0.460 e. The van der Waals surface area contributed by atoms with Crippen LogP contribution in [0.5, 0.6) is 0 Å². The highest BCUT2D eigenvalue weighted by molar-refractivity contribution is 6.34. The van der Waals surface area contributed by atoms with Crippen molar-refractivity contribution in [2.75, 3.05) is 6.61 Å². The molecule has 18 heavy (non-hydrogen) atoms. The van der Waals surface area contributed by atoms with E-state index in [-0.39, 0.29) is 12.5 Å². The van der Waals surface area contributed by atoms with Gasteiger partial charge in [-0.15, -0.1) is 0 Å². The number of esters is 1. The van der Waals surface area contributed by atoms with Gasteiger partial charge in [-0.1, -0.05) is 31.4 Å². The van der Waals surface area contributed by atoms with Crippen LogP contribution in [0.25, 0.3) is 0 Å². The van der Waals surface area contributed by atoms with E-state index in [1.165, 1.54) is 6.42 Å². The summed E-state index contributed by atoms with van der Waals surface area (Å²) < 4.78 is 4.67. The van der Waals surface area contributed by atoms with Gasteiger partial charge < -0.3 is 4.74 Å². The minimum Gasteiger partial charge on any atom is -0.460 e. The molecule has 0 saturated heterocycles. The summed E-state index contributed by atoms with van der Waals surface area (Å²) in [4.78, 5) is 34.2. The van der Waals surface area contributed by atoms with Crippen LogP contribution in [-0.2, 0) is 14.3 Å². The van der Waals surface area contributed by atoms with Gasteiger partial charge in [0.15, 0.2) is 0 Å². The number of nitroso groups, excluding NO2 is 1. The zero-order valence-electron chi connectivity index (χ0n) is 11.1. The number of rotatable bonds is 6. The lowest BCUT2D eigenvalue weighted by Gasteiger charge is -2.28. The summed E-state index contributed by atoms with van der Waals surface area (Å²) in [7, 11) is 0. The SMILES string of the molecule is CCOC(=O)C(=O)C(C)C(N=O)C1CCCCC1. The number of hydrogen-bond acceptors (Lipinski definition) is 5. The fourth-order valence-electron chi connectivity index (χ4n) is 2.60. The van der Waals surface area contributed by atoms with Gasteiger partial charge >= 0.3 is 5.97 Å². The maximum Gasteiger partial charge on any atom is 0.374 e. The van der Waals surface area contributed by atoms with E-state index in [0.29, 0.717) is 0 Å². The Labute approximate surface area is 107 Å². The number of carbonyl (C=O) groups excluding carboxylic acids is 2. The first kappa shape index (κ1) is 14.8. The minimum absolute atomic E-state index is 0.129. The van der Waals surface area contributed by atoms with E-state index in [2.05, 4.69) is 9.91 Å². The van der Waals surface area contributed by atoms with Gasteiger partial charge in [-0.2, -0.15) is 4.91 Å². The fourth-order valence-corrected chi connectivity index (χ4v) is 2.60. The molecule has 2 unspecified atom stereocenters. The molecule has 2 atom stereocenters. The molecule has 5 nitrogen and oxygen atoms in total. The van der Waals surface area contributed by atoms with Gasteiger partial charge in [0.25, 0.3) is 0 Å². The first-order chi connectivity index (χ1) is 8.61. The Bertz CT molecular complexity index is 310. The molecule has 0 spiro atoms. The highest BCUT2D eigenvalue weighted by Gasteiger charge is 2.36. The molecular formula is C13H21NO4. The fraction of sp³-hybridized carbons (Fsp3) is 0.846. The minimum atomic E-state index is -0.852. The van der Waals surface area contributed by atoms with Crippen molar-refractivity contribution in [3.8, 4) is 0 Å². The van der Waals surface area contributed by atoms with E-state index in [9.17, 15) is 14.5 Å². The molecule has 0 aromatic carbocycles. The molecule has 0 radical (unpaired) electrons. The smallest absolute Gasteiger partial charge is 0.374 e. The molecule has 1 aliphatic carbocycles. The summed E-state index contributed by atoms with van der Waals surface area (Å²) in [6.07, 6.45) is 5.13. The van der Waals surface area contributed by atoms with Crippen molar-refractivity contribution in [1.82, 2.24) is 0 Å². The first-order valence-corrected chi connectivity index (χ1v) is 6.65. The molecule has 0 aromatic rings. The summed E-state index contributed by atoms with van der Waals surface area (Å²) in [6, 6.07) is -0.595. The van der Waals surface area contributed by atoms with Gasteiger partial charge in [0, 0.05) is 0 Å². The first-order valence-electron chi connectivity index (χ1n) is 6.65. The molecular weight excluding hydrogens is 234 g/mol. The molecule has 1 rings (SSSR count). The summed E-state index contributed by atoms with van der Waals surface area (Å²) in [5.41, 5.74) is 0. The van der Waals surface area contributed by atoms with Gasteiger partial charge in [-0.05, 0) is 25.7 Å². The molecule has 0 heterocycles. The van der Waals surface area contributed by atoms with Crippen molar-refractivity contribution in [3.63, 3.8) is 0 Å². The Balaban J connectivity index is 2.65. The molecule has 102 valence electrons. The van der Waals surface area contributed by atoms with E-state index < -0.39 is 23.7 Å². The van der Waals surface area contributed by atoms with Crippen molar-refractivity contribution in [3.05, 3.63) is 4.91 Å². The van der Waals surface area contributed by atoms with E-state index in [0.717, 1.165) is 25.7 Å². The maximum absolute atomic E-state index is 11.8. The molecule has 0 bridgehead atoms. The lowest BCUT2D eigenvalue weighted by molar-refractivity contribution is -0.155. The highest BCUT2D eigenvalue weighted by atomic mass is 16.5. The molecule has 0 N–H and O–H groups in total. The third kappa shape index (κ3) is 3.62. The zero-order chi connectivity index (χ0) is 13.5. The van der Waals surface area contributed by atoms with Crippen LogP contribution in [0.1, 0.15) is 46.0 Å². The Hall–Kier alpha value is -1.26. The van der Waals surface area contributed by atoms with Gasteiger partial charge in [-0.3, -0.25) is 4.79 Å². The second-order valence-corrected chi connectivity index (χ2v) is 4.87. The summed E-state index contributed by atoms with van der Waals surface area (Å²) in [5.74, 6) is -2.03. The predicted octanol–water partition coefficient (Wildman–Crippen LogP) is 2.47. The third-order valence-electron chi connectivity index (χ3n) is 3.66. The number of ether oxygens (including phenoxy) is 1. The summed E-state index contributed by atoms with van der Waals surface area (Å²) >= 11 is 0. The van der Waals surface area contributed by atoms with Crippen LogP contribution < -0.4 is 0 Å². The van der Waals surface area contributed by atoms with Gasteiger partial charge in [-0.25, -0.2) is 4.79 Å². The number of Topliss-reactive ketones (excluding diaryl/α,β-unsaturated/α-hetero) is 1. The highest BCUT2D eigenvalue weighted by Crippen LogP contribution is 2.31. The number of carbonyl (C=O) groups is 2. The topological polar surface area (TPSA) is 72.8 Å². The molecule has 1 aliphatic rings. The van der Waals surface area contributed by atoms with E-state index >= 15 is 0 Å². The molecule has 1 saturated carbocycles. The van der Waals surface area contributed by atoms with Gasteiger partial charge in [0.05, 0.1) is 12.5 Å². The average Bonchev–Trinajstić information content (AvgIpc) is 2.40. The van der Waals surface area contributed by atoms with Crippen LogP contribution in [0.4, 0.5) is 0 Å². The Kier molecular flexibility index (Phi) is 5.95. The van der Waals surface area contributed by atoms with E-state index in [1.54, 1.807) is 13.8 Å². The average molecular weight is 255 g/mol. The lowest BCUT2D eigenvalue weighted by Crippen LogP contribution is -2.36. The van der Waals surface area contributed by atoms with Crippen LogP contribution in [0.3, 0.4) is 0 Å². The van der Waals surface area contributed by atoms with Gasteiger partial charge in [0.2, 0.25) is 5.78 Å². The van der Waals surface area contributed by atoms with Crippen molar-refractivity contribution >= 4 is 11.8 Å². The number of ketones is 1. The second-order valence-electron chi connectivity index (χ2n) is 4.87. The van der Waals surface area contributed by atoms with E-state index in [4.69, 9.17) is 0 Å². The van der Waals surface area contributed by atoms with Crippen molar-refractivity contribution in [1.29, 1.82) is 0 Å². The maximum atomic E-state index is 11.8. The van der Waals surface area contributed by atoms with Crippen molar-refractivity contribution < 1.29 is 14.3 Å². The predicted molar refractivity (Wildman–Crippen MR) is 67.0 cm³/mol. The van der Waals surface area contributed by atoms with Crippen molar-refractivity contribution in [2.45, 2.75) is 52.0 Å². The van der Waals surface area contributed by atoms with Gasteiger partial charge in [0.1, 0.15) is 6.04 Å². The monoisotopic (exact) mass is 255 g/mol. The number of hydrogen-bond donors (Lipinski definition) is 0. The second kappa shape index (κ2) is 7.24. The zero-order valence-corrected chi connectivity index (χ0v) is 11.1. The Morgan fingerprint density at radius 3 is 2.39 bits per heavy atom. The molecule has 0 amide bonds. The summed E-state index contributed by atoms with van der Waals surface area (Å²) in [5, 5.41) is 3.10. The van der Waals surface area contributed by atoms with Crippen LogP contribution >= 0.6 is 0 Å². The molecule has 1 fully saturated rings. The van der Waals surface area contributed by atoms with Crippen LogP contribution in [0.2, 0.25) is 0 Å². The Morgan fingerprint density at radius 2 is 1.89 bits per heavy atom. The lowest BCUT2D eigenvalue weighted by atomic mass is 9.78. The quantitative estimate of drug-likeness (QED) is 0.415. The molecule has 5 heteroatoms.